The number of rotatable bonds is 10. The average molecular weight is 555 g/mol. The van der Waals surface area contributed by atoms with E-state index in [9.17, 15) is 9.90 Å². The molecule has 9 nitrogen and oxygen atoms in total. The molecule has 1 N–H and O–H groups in total. The summed E-state index contributed by atoms with van der Waals surface area (Å²) in [6.07, 6.45) is 0.658. The maximum atomic E-state index is 12.2. The Hall–Kier alpha value is -3.24. The number of ether oxygens (including phenoxy) is 2. The lowest BCUT2D eigenvalue weighted by molar-refractivity contribution is 0.0142. The zero-order valence-electron chi connectivity index (χ0n) is 23.1. The number of piperazine rings is 1. The first-order valence-electron chi connectivity index (χ1n) is 13.4. The van der Waals surface area contributed by atoms with Crippen LogP contribution in [0.3, 0.4) is 0 Å². The first-order valence-corrected chi connectivity index (χ1v) is 14.4. The Morgan fingerprint density at radius 1 is 1.08 bits per heavy atom. The molecule has 2 heterocycles. The van der Waals surface area contributed by atoms with E-state index in [4.69, 9.17) is 13.9 Å². The number of hydrogen-bond donors (Lipinski definition) is 1. The van der Waals surface area contributed by atoms with Crippen molar-refractivity contribution in [3.05, 3.63) is 60.0 Å². The minimum atomic E-state index is -0.470. The van der Waals surface area contributed by atoms with E-state index in [1.807, 2.05) is 57.2 Å². The molecule has 0 spiro atoms. The fourth-order valence-electron chi connectivity index (χ4n) is 4.28. The van der Waals surface area contributed by atoms with Crippen LogP contribution in [0.4, 0.5) is 4.79 Å². The lowest BCUT2D eigenvalue weighted by atomic mass is 10.1. The molecule has 0 bridgehead atoms. The van der Waals surface area contributed by atoms with E-state index in [0.717, 1.165) is 48.7 Å². The number of hydrogen-bond acceptors (Lipinski definition) is 9. The van der Waals surface area contributed by atoms with Gasteiger partial charge in [0, 0.05) is 43.9 Å². The number of thioether (sulfide) groups is 1. The molecule has 1 atom stereocenters. The van der Waals surface area contributed by atoms with Crippen LogP contribution >= 0.6 is 11.8 Å². The van der Waals surface area contributed by atoms with Gasteiger partial charge in [-0.1, -0.05) is 25.1 Å². The van der Waals surface area contributed by atoms with Gasteiger partial charge in [0.1, 0.15) is 22.4 Å². The van der Waals surface area contributed by atoms with Crippen LogP contribution in [0, 0.1) is 0 Å². The predicted molar refractivity (Wildman–Crippen MR) is 152 cm³/mol. The fraction of sp³-hybridized carbons (Fsp3) is 0.483. The van der Waals surface area contributed by atoms with Crippen molar-refractivity contribution in [1.29, 1.82) is 0 Å². The summed E-state index contributed by atoms with van der Waals surface area (Å²) in [5.74, 6) is 2.73. The quantitative estimate of drug-likeness (QED) is 0.321. The van der Waals surface area contributed by atoms with Crippen LogP contribution in [0.5, 0.6) is 11.5 Å². The van der Waals surface area contributed by atoms with Gasteiger partial charge in [-0.15, -0.1) is 22.0 Å². The van der Waals surface area contributed by atoms with Crippen molar-refractivity contribution in [2.75, 3.05) is 45.1 Å². The molecule has 1 amide bonds. The SMILES string of the molecule is CCSC(c1nnc(-c2ccc(OCCCN3CCN(C(=O)OC(C)(C)C)CC3)cc2)o1)c1ccccc1O. The molecule has 39 heavy (non-hydrogen) atoms. The van der Waals surface area contributed by atoms with E-state index in [-0.39, 0.29) is 17.1 Å². The van der Waals surface area contributed by atoms with Gasteiger partial charge in [0.25, 0.3) is 0 Å². The lowest BCUT2D eigenvalue weighted by Gasteiger charge is -2.35. The predicted octanol–water partition coefficient (Wildman–Crippen LogP) is 5.61. The highest BCUT2D eigenvalue weighted by molar-refractivity contribution is 7.99. The minimum absolute atomic E-state index is 0.216. The molecule has 1 fully saturated rings. The van der Waals surface area contributed by atoms with Gasteiger partial charge in [-0.05, 0) is 63.3 Å². The molecule has 1 saturated heterocycles. The van der Waals surface area contributed by atoms with Gasteiger partial charge in [-0.25, -0.2) is 4.79 Å². The minimum Gasteiger partial charge on any atom is -0.508 e. The maximum absolute atomic E-state index is 12.2. The molecule has 0 radical (unpaired) electrons. The Labute approximate surface area is 234 Å². The van der Waals surface area contributed by atoms with Crippen LogP contribution in [0.25, 0.3) is 11.5 Å². The standard InChI is InChI=1S/C29H38N4O5S/c1-5-39-25(23-9-6-7-10-24(23)34)27-31-30-26(37-27)21-11-13-22(14-12-21)36-20-8-15-32-16-18-33(19-17-32)28(35)38-29(2,3)4/h6-7,9-14,25,34H,5,8,15-20H2,1-4H3. The van der Waals surface area contributed by atoms with E-state index in [2.05, 4.69) is 22.0 Å². The van der Waals surface area contributed by atoms with E-state index in [1.165, 1.54) is 0 Å². The number of para-hydroxylation sites is 1. The van der Waals surface area contributed by atoms with Crippen LogP contribution in [-0.4, -0.2) is 81.9 Å². The Kier molecular flexibility index (Phi) is 9.74. The van der Waals surface area contributed by atoms with Crippen molar-refractivity contribution < 1.29 is 23.8 Å². The summed E-state index contributed by atoms with van der Waals surface area (Å²) in [4.78, 5) is 16.3. The van der Waals surface area contributed by atoms with Gasteiger partial charge in [0.15, 0.2) is 0 Å². The van der Waals surface area contributed by atoms with Crippen molar-refractivity contribution in [2.45, 2.75) is 45.0 Å². The molecule has 3 aromatic rings. The molecule has 210 valence electrons. The normalized spacial score (nSPS) is 15.2. The largest absolute Gasteiger partial charge is 0.508 e. The van der Waals surface area contributed by atoms with E-state index in [0.29, 0.717) is 31.5 Å². The van der Waals surface area contributed by atoms with Crippen LogP contribution in [-0.2, 0) is 4.74 Å². The van der Waals surface area contributed by atoms with Gasteiger partial charge in [0.2, 0.25) is 11.8 Å². The summed E-state index contributed by atoms with van der Waals surface area (Å²) >= 11 is 1.63. The van der Waals surface area contributed by atoms with Gasteiger partial charge < -0.3 is 23.9 Å². The van der Waals surface area contributed by atoms with Crippen LogP contribution in [0.15, 0.2) is 52.9 Å². The maximum Gasteiger partial charge on any atom is 0.410 e. The molecular formula is C29H38N4O5S. The highest BCUT2D eigenvalue weighted by Gasteiger charge is 2.26. The van der Waals surface area contributed by atoms with Crippen molar-refractivity contribution in [1.82, 2.24) is 20.0 Å². The van der Waals surface area contributed by atoms with Gasteiger partial charge in [0.05, 0.1) is 6.61 Å². The van der Waals surface area contributed by atoms with Crippen LogP contribution in [0.2, 0.25) is 0 Å². The van der Waals surface area contributed by atoms with Crippen molar-refractivity contribution in [3.8, 4) is 23.0 Å². The first-order chi connectivity index (χ1) is 18.7. The Morgan fingerprint density at radius 2 is 1.79 bits per heavy atom. The first kappa shape index (κ1) is 28.8. The summed E-state index contributed by atoms with van der Waals surface area (Å²) in [6, 6.07) is 14.9. The van der Waals surface area contributed by atoms with E-state index < -0.39 is 5.60 Å². The molecular weight excluding hydrogens is 516 g/mol. The molecule has 4 rings (SSSR count). The number of phenols is 1. The lowest BCUT2D eigenvalue weighted by Crippen LogP contribution is -2.50. The summed E-state index contributed by atoms with van der Waals surface area (Å²) in [5.41, 5.74) is 1.09. The number of aromatic hydroxyl groups is 1. The number of aromatic nitrogens is 2. The number of amides is 1. The van der Waals surface area contributed by atoms with Crippen molar-refractivity contribution >= 4 is 17.9 Å². The molecule has 0 saturated carbocycles. The van der Waals surface area contributed by atoms with E-state index in [1.54, 1.807) is 28.8 Å². The average Bonchev–Trinajstić information content (AvgIpc) is 3.40. The Morgan fingerprint density at radius 3 is 2.46 bits per heavy atom. The van der Waals surface area contributed by atoms with E-state index >= 15 is 0 Å². The van der Waals surface area contributed by atoms with Gasteiger partial charge in [-0.2, -0.15) is 0 Å². The molecule has 0 aliphatic carbocycles. The zero-order chi connectivity index (χ0) is 27.8. The Balaban J connectivity index is 1.23. The molecule has 10 heteroatoms. The number of benzene rings is 2. The zero-order valence-corrected chi connectivity index (χ0v) is 23.9. The second-order valence-electron chi connectivity index (χ2n) is 10.4. The number of carbonyl (C=O) groups excluding carboxylic acids is 1. The molecule has 1 aliphatic heterocycles. The highest BCUT2D eigenvalue weighted by Crippen LogP contribution is 2.39. The van der Waals surface area contributed by atoms with Crippen LogP contribution < -0.4 is 4.74 Å². The smallest absolute Gasteiger partial charge is 0.410 e. The highest BCUT2D eigenvalue weighted by atomic mass is 32.2. The monoisotopic (exact) mass is 554 g/mol. The second-order valence-corrected chi connectivity index (χ2v) is 11.8. The summed E-state index contributed by atoms with van der Waals surface area (Å²) < 4.78 is 17.4. The van der Waals surface area contributed by atoms with Crippen LogP contribution in [0.1, 0.15) is 50.8 Å². The third-order valence-electron chi connectivity index (χ3n) is 6.23. The molecule has 1 aromatic heterocycles. The number of nitrogens with zero attached hydrogens (tertiary/aromatic N) is 4. The Bertz CT molecular complexity index is 1200. The molecule has 2 aromatic carbocycles. The van der Waals surface area contributed by atoms with Gasteiger partial charge >= 0.3 is 6.09 Å². The second kappa shape index (κ2) is 13.2. The van der Waals surface area contributed by atoms with Crippen molar-refractivity contribution in [3.63, 3.8) is 0 Å². The number of phenolic OH excluding ortho intramolecular Hbond substituents is 1. The molecule has 1 unspecified atom stereocenters. The fourth-order valence-corrected chi connectivity index (χ4v) is 5.23. The summed E-state index contributed by atoms with van der Waals surface area (Å²) in [7, 11) is 0. The summed E-state index contributed by atoms with van der Waals surface area (Å²) in [5, 5.41) is 18.6. The number of carbonyl (C=O) groups is 1. The summed E-state index contributed by atoms with van der Waals surface area (Å²) in [6.45, 7) is 12.3. The third-order valence-corrected chi connectivity index (χ3v) is 7.35. The third kappa shape index (κ3) is 8.12. The van der Waals surface area contributed by atoms with Gasteiger partial charge in [-0.3, -0.25) is 4.90 Å². The van der Waals surface area contributed by atoms with Crippen molar-refractivity contribution in [2.24, 2.45) is 0 Å². The molecule has 1 aliphatic rings. The topological polar surface area (TPSA) is 101 Å².